The van der Waals surface area contributed by atoms with Crippen molar-refractivity contribution in [2.45, 2.75) is 6.92 Å². The number of rotatable bonds is 1. The highest BCUT2D eigenvalue weighted by atomic mass is 16.2. The van der Waals surface area contributed by atoms with E-state index in [0.29, 0.717) is 5.57 Å². The molecule has 3 rings (SSSR count). The third kappa shape index (κ3) is 1.63. The number of carbonyl (C=O) groups excluding carboxylic acids is 1. The zero-order valence-electron chi connectivity index (χ0n) is 9.32. The van der Waals surface area contributed by atoms with Gasteiger partial charge >= 0.3 is 0 Å². The second kappa shape index (κ2) is 3.59. The minimum atomic E-state index is -0.0709. The van der Waals surface area contributed by atoms with E-state index in [-0.39, 0.29) is 5.91 Å². The number of nitrogens with one attached hydrogen (secondary N) is 2. The van der Waals surface area contributed by atoms with Gasteiger partial charge in [-0.25, -0.2) is 0 Å². The predicted octanol–water partition coefficient (Wildman–Crippen LogP) is 2.21. The molecule has 2 N–H and O–H groups in total. The number of hydrogen-bond donors (Lipinski definition) is 2. The molecule has 84 valence electrons. The van der Waals surface area contributed by atoms with Gasteiger partial charge in [0.25, 0.3) is 5.91 Å². The molecule has 17 heavy (non-hydrogen) atoms. The Bertz CT molecular complexity index is 625. The van der Waals surface area contributed by atoms with Crippen molar-refractivity contribution in [3.63, 3.8) is 0 Å². The first-order valence-electron chi connectivity index (χ1n) is 5.38. The number of anilines is 1. The summed E-state index contributed by atoms with van der Waals surface area (Å²) in [4.78, 5) is 11.8. The van der Waals surface area contributed by atoms with E-state index < -0.39 is 0 Å². The molecular formula is C13H11N3O. The Hall–Kier alpha value is -2.36. The van der Waals surface area contributed by atoms with Crippen molar-refractivity contribution in [2.75, 3.05) is 5.32 Å². The first-order valence-corrected chi connectivity index (χ1v) is 5.38. The number of aromatic amines is 1. The first kappa shape index (κ1) is 9.84. The SMILES string of the molecule is Cc1cc(C=C2C(=O)Nc3ccccc32)[nH]n1. The lowest BCUT2D eigenvalue weighted by Gasteiger charge is -1.95. The maximum Gasteiger partial charge on any atom is 0.256 e. The molecule has 0 unspecified atom stereocenters. The molecule has 2 heterocycles. The molecule has 2 aromatic rings. The highest BCUT2D eigenvalue weighted by molar-refractivity contribution is 6.34. The van der Waals surface area contributed by atoms with Crippen LogP contribution in [0.5, 0.6) is 0 Å². The number of benzene rings is 1. The number of nitrogens with zero attached hydrogens (tertiary/aromatic N) is 1. The lowest BCUT2D eigenvalue weighted by Crippen LogP contribution is -2.03. The summed E-state index contributed by atoms with van der Waals surface area (Å²) >= 11 is 0. The van der Waals surface area contributed by atoms with Crippen LogP contribution in [0.3, 0.4) is 0 Å². The molecule has 4 nitrogen and oxygen atoms in total. The number of para-hydroxylation sites is 1. The summed E-state index contributed by atoms with van der Waals surface area (Å²) < 4.78 is 0. The maximum atomic E-state index is 11.8. The minimum absolute atomic E-state index is 0.0709. The van der Waals surface area contributed by atoms with Crippen LogP contribution in [-0.4, -0.2) is 16.1 Å². The van der Waals surface area contributed by atoms with Crippen LogP contribution in [0, 0.1) is 6.92 Å². The van der Waals surface area contributed by atoms with Gasteiger partial charge in [-0.2, -0.15) is 5.10 Å². The molecule has 0 saturated heterocycles. The summed E-state index contributed by atoms with van der Waals surface area (Å²) in [7, 11) is 0. The largest absolute Gasteiger partial charge is 0.321 e. The lowest BCUT2D eigenvalue weighted by atomic mass is 10.1. The van der Waals surface area contributed by atoms with Gasteiger partial charge in [0, 0.05) is 11.3 Å². The van der Waals surface area contributed by atoms with E-state index in [1.54, 1.807) is 0 Å². The molecule has 4 heteroatoms. The highest BCUT2D eigenvalue weighted by Crippen LogP contribution is 2.32. The van der Waals surface area contributed by atoms with Crippen LogP contribution in [0.2, 0.25) is 0 Å². The number of aryl methyl sites for hydroxylation is 1. The Kier molecular flexibility index (Phi) is 2.08. The van der Waals surface area contributed by atoms with E-state index >= 15 is 0 Å². The number of amides is 1. The van der Waals surface area contributed by atoms with Crippen molar-refractivity contribution >= 4 is 23.2 Å². The molecule has 1 aliphatic heterocycles. The second-order valence-corrected chi connectivity index (χ2v) is 4.02. The van der Waals surface area contributed by atoms with Gasteiger partial charge in [0.1, 0.15) is 0 Å². The standard InChI is InChI=1S/C13H11N3O/c1-8-6-9(16-15-8)7-11-10-4-2-3-5-12(10)14-13(11)17/h2-7H,1H3,(H,14,17)(H,15,16). The van der Waals surface area contributed by atoms with Gasteiger partial charge in [0.05, 0.1) is 17.0 Å². The van der Waals surface area contributed by atoms with Gasteiger partial charge in [-0.3, -0.25) is 9.89 Å². The molecule has 0 spiro atoms. The summed E-state index contributed by atoms with van der Waals surface area (Å²) in [5.41, 5.74) is 4.21. The molecule has 1 aliphatic rings. The molecule has 0 aliphatic carbocycles. The molecule has 0 bridgehead atoms. The van der Waals surface area contributed by atoms with Crippen molar-refractivity contribution in [1.29, 1.82) is 0 Å². The van der Waals surface area contributed by atoms with Crippen LogP contribution in [0.1, 0.15) is 17.0 Å². The van der Waals surface area contributed by atoms with Crippen molar-refractivity contribution in [2.24, 2.45) is 0 Å². The van der Waals surface area contributed by atoms with Gasteiger partial charge in [0.15, 0.2) is 0 Å². The topological polar surface area (TPSA) is 57.8 Å². The number of aromatic nitrogens is 2. The van der Waals surface area contributed by atoms with Gasteiger partial charge in [0.2, 0.25) is 0 Å². The Balaban J connectivity index is 2.09. The molecule has 1 amide bonds. The second-order valence-electron chi connectivity index (χ2n) is 4.02. The number of H-pyrrole nitrogens is 1. The fourth-order valence-corrected chi connectivity index (χ4v) is 1.95. The maximum absolute atomic E-state index is 11.8. The van der Waals surface area contributed by atoms with Crippen LogP contribution >= 0.6 is 0 Å². The number of hydrogen-bond acceptors (Lipinski definition) is 2. The zero-order chi connectivity index (χ0) is 11.8. The van der Waals surface area contributed by atoms with E-state index in [2.05, 4.69) is 15.5 Å². The van der Waals surface area contributed by atoms with Gasteiger partial charge in [-0.05, 0) is 25.1 Å². The summed E-state index contributed by atoms with van der Waals surface area (Å²) in [6, 6.07) is 9.56. The average Bonchev–Trinajstić information content (AvgIpc) is 2.85. The van der Waals surface area contributed by atoms with Gasteiger partial charge in [-0.15, -0.1) is 0 Å². The van der Waals surface area contributed by atoms with Crippen LogP contribution in [0.4, 0.5) is 5.69 Å². The zero-order valence-corrected chi connectivity index (χ0v) is 9.32. The molecule has 0 radical (unpaired) electrons. The number of fused-ring (bicyclic) bond motifs is 1. The summed E-state index contributed by atoms with van der Waals surface area (Å²) in [6.45, 7) is 1.90. The van der Waals surface area contributed by atoms with Crippen molar-refractivity contribution in [3.8, 4) is 0 Å². The van der Waals surface area contributed by atoms with E-state index in [0.717, 1.165) is 22.6 Å². The summed E-state index contributed by atoms with van der Waals surface area (Å²) in [6.07, 6.45) is 1.82. The predicted molar refractivity (Wildman–Crippen MR) is 66.3 cm³/mol. The van der Waals surface area contributed by atoms with Crippen LogP contribution in [0.15, 0.2) is 30.3 Å². The number of carbonyl (C=O) groups is 1. The molecule has 0 saturated carbocycles. The third-order valence-corrected chi connectivity index (χ3v) is 2.74. The van der Waals surface area contributed by atoms with Crippen LogP contribution in [-0.2, 0) is 4.79 Å². The minimum Gasteiger partial charge on any atom is -0.321 e. The Labute approximate surface area is 98.4 Å². The Morgan fingerprint density at radius 1 is 1.29 bits per heavy atom. The van der Waals surface area contributed by atoms with Gasteiger partial charge < -0.3 is 5.32 Å². The first-order chi connectivity index (χ1) is 8.24. The van der Waals surface area contributed by atoms with Crippen molar-refractivity contribution in [3.05, 3.63) is 47.3 Å². The fourth-order valence-electron chi connectivity index (χ4n) is 1.95. The average molecular weight is 225 g/mol. The third-order valence-electron chi connectivity index (χ3n) is 2.74. The summed E-state index contributed by atoms with van der Waals surface area (Å²) in [5.74, 6) is -0.0709. The monoisotopic (exact) mass is 225 g/mol. The van der Waals surface area contributed by atoms with Crippen molar-refractivity contribution in [1.82, 2.24) is 10.2 Å². The van der Waals surface area contributed by atoms with Gasteiger partial charge in [-0.1, -0.05) is 18.2 Å². The smallest absolute Gasteiger partial charge is 0.256 e. The van der Waals surface area contributed by atoms with E-state index in [1.165, 1.54) is 0 Å². The summed E-state index contributed by atoms with van der Waals surface area (Å²) in [5, 5.41) is 9.75. The quantitative estimate of drug-likeness (QED) is 0.731. The molecular weight excluding hydrogens is 214 g/mol. The van der Waals surface area contributed by atoms with Crippen LogP contribution in [0.25, 0.3) is 11.6 Å². The van der Waals surface area contributed by atoms with Crippen LogP contribution < -0.4 is 5.32 Å². The highest BCUT2D eigenvalue weighted by Gasteiger charge is 2.23. The lowest BCUT2D eigenvalue weighted by molar-refractivity contribution is -0.110. The molecule has 1 aromatic heterocycles. The normalized spacial score (nSPS) is 16.1. The Morgan fingerprint density at radius 2 is 2.12 bits per heavy atom. The van der Waals surface area contributed by atoms with E-state index in [1.807, 2.05) is 43.3 Å². The van der Waals surface area contributed by atoms with E-state index in [9.17, 15) is 4.79 Å². The van der Waals surface area contributed by atoms with E-state index in [4.69, 9.17) is 0 Å². The fraction of sp³-hybridized carbons (Fsp3) is 0.0769. The Morgan fingerprint density at radius 3 is 2.88 bits per heavy atom. The van der Waals surface area contributed by atoms with Crippen molar-refractivity contribution < 1.29 is 4.79 Å². The molecule has 1 aromatic carbocycles. The molecule has 0 fully saturated rings. The molecule has 0 atom stereocenters.